The number of benzene rings is 2. The van der Waals surface area contributed by atoms with Gasteiger partial charge in [-0.2, -0.15) is 0 Å². The Bertz CT molecular complexity index is 1560. The fraction of sp³-hybridized carbons (Fsp3) is 0.433. The molecule has 0 aliphatic carbocycles. The van der Waals surface area contributed by atoms with Crippen molar-refractivity contribution in [2.45, 2.75) is 57.8 Å². The third kappa shape index (κ3) is 6.22. The molecule has 0 radical (unpaired) electrons. The molecule has 3 aliphatic rings. The summed E-state index contributed by atoms with van der Waals surface area (Å²) in [5.41, 5.74) is 0.394. The number of ether oxygens (including phenoxy) is 2. The van der Waals surface area contributed by atoms with Gasteiger partial charge in [0.1, 0.15) is 18.9 Å². The number of nitrogens with zero attached hydrogens (tertiary/aromatic N) is 4. The number of hydrogen-bond donors (Lipinski definition) is 1. The van der Waals surface area contributed by atoms with Crippen molar-refractivity contribution in [3.05, 3.63) is 90.5 Å². The monoisotopic (exact) mass is 640 g/mol. The number of nitro benzene ring substituents is 2. The lowest BCUT2D eigenvalue weighted by Gasteiger charge is -2.49. The van der Waals surface area contributed by atoms with Gasteiger partial charge in [0.05, 0.1) is 27.9 Å². The summed E-state index contributed by atoms with van der Waals surface area (Å²) in [6.07, 6.45) is -0.861. The van der Waals surface area contributed by atoms with Crippen molar-refractivity contribution in [2.24, 2.45) is 11.3 Å². The van der Waals surface area contributed by atoms with E-state index in [9.17, 15) is 39.7 Å². The largest absolute Gasteiger partial charge is 0.456 e. The van der Waals surface area contributed by atoms with Crippen LogP contribution >= 0.6 is 11.8 Å². The van der Waals surface area contributed by atoms with Gasteiger partial charge in [0.15, 0.2) is 0 Å². The summed E-state index contributed by atoms with van der Waals surface area (Å²) in [6, 6.07) is 10.9. The van der Waals surface area contributed by atoms with Crippen LogP contribution in [-0.4, -0.2) is 73.2 Å². The van der Waals surface area contributed by atoms with Crippen LogP contribution in [0.4, 0.5) is 16.2 Å². The lowest BCUT2D eigenvalue weighted by atomic mass is 9.71. The van der Waals surface area contributed by atoms with Crippen molar-refractivity contribution in [1.82, 2.24) is 9.80 Å². The minimum Gasteiger partial charge on any atom is -0.456 e. The van der Waals surface area contributed by atoms with Crippen LogP contribution in [0.5, 0.6) is 0 Å². The molecule has 3 aliphatic heterocycles. The maximum absolute atomic E-state index is 13.5. The molecule has 0 unspecified atom stereocenters. The Morgan fingerprint density at radius 3 is 2.04 bits per heavy atom. The molecule has 2 aromatic rings. The summed E-state index contributed by atoms with van der Waals surface area (Å²) in [6.45, 7) is 5.90. The normalized spacial score (nSPS) is 22.5. The molecule has 15 heteroatoms. The molecule has 2 fully saturated rings. The van der Waals surface area contributed by atoms with E-state index in [0.29, 0.717) is 35.5 Å². The molecule has 1 N–H and O–H groups in total. The van der Waals surface area contributed by atoms with Crippen LogP contribution in [0.25, 0.3) is 0 Å². The maximum atomic E-state index is 13.5. The topological polar surface area (TPSA) is 183 Å². The van der Waals surface area contributed by atoms with Gasteiger partial charge in [-0.1, -0.05) is 13.8 Å². The van der Waals surface area contributed by atoms with Gasteiger partial charge in [0.2, 0.25) is 5.91 Å². The van der Waals surface area contributed by atoms with Gasteiger partial charge in [-0.05, 0) is 48.7 Å². The number of β-lactam (4-membered cyclic amide) rings is 1. The van der Waals surface area contributed by atoms with E-state index in [1.54, 1.807) is 11.8 Å². The molecule has 2 aromatic carbocycles. The number of rotatable bonds is 10. The zero-order valence-corrected chi connectivity index (χ0v) is 25.6. The predicted octanol–water partition coefficient (Wildman–Crippen LogP) is 4.15. The number of amides is 2. The highest BCUT2D eigenvalue weighted by Gasteiger charge is 2.65. The summed E-state index contributed by atoms with van der Waals surface area (Å²) < 4.78 is 11.0. The third-order valence-corrected chi connectivity index (χ3v) is 10.0. The molecular weight excluding hydrogens is 608 g/mol. The maximum Gasteiger partial charge on any atom is 0.410 e. The van der Waals surface area contributed by atoms with Crippen LogP contribution in [0.2, 0.25) is 0 Å². The molecule has 2 amide bonds. The van der Waals surface area contributed by atoms with Crippen LogP contribution in [-0.2, 0) is 32.3 Å². The second-order valence-corrected chi connectivity index (χ2v) is 13.1. The number of hydrogen-bond acceptors (Lipinski definition) is 11. The highest BCUT2D eigenvalue weighted by molar-refractivity contribution is 8.03. The first-order chi connectivity index (χ1) is 21.3. The molecular formula is C30H32N4O10S. The van der Waals surface area contributed by atoms with E-state index in [1.807, 2.05) is 13.8 Å². The highest BCUT2D eigenvalue weighted by atomic mass is 32.2. The summed E-state index contributed by atoms with van der Waals surface area (Å²) >= 11 is 1.40. The van der Waals surface area contributed by atoms with Gasteiger partial charge >= 0.3 is 12.1 Å². The van der Waals surface area contributed by atoms with E-state index in [1.165, 1.54) is 65.2 Å². The molecule has 0 bridgehead atoms. The van der Waals surface area contributed by atoms with E-state index >= 15 is 0 Å². The summed E-state index contributed by atoms with van der Waals surface area (Å²) in [5, 5.41) is 32.1. The molecule has 14 nitrogen and oxygen atoms in total. The van der Waals surface area contributed by atoms with Crippen LogP contribution in [0.1, 0.15) is 38.3 Å². The van der Waals surface area contributed by atoms with Gasteiger partial charge in [-0.25, -0.2) is 9.59 Å². The van der Waals surface area contributed by atoms with Crippen molar-refractivity contribution < 1.29 is 38.8 Å². The Kier molecular flexibility index (Phi) is 8.85. The molecule has 2 saturated heterocycles. The van der Waals surface area contributed by atoms with E-state index in [0.717, 1.165) is 0 Å². The average Bonchev–Trinajstić information content (AvgIpc) is 3.54. The Morgan fingerprint density at radius 1 is 1.00 bits per heavy atom. The zero-order valence-electron chi connectivity index (χ0n) is 24.8. The van der Waals surface area contributed by atoms with Crippen molar-refractivity contribution in [1.29, 1.82) is 0 Å². The number of non-ortho nitro benzene ring substituents is 2. The van der Waals surface area contributed by atoms with Gasteiger partial charge < -0.3 is 24.4 Å². The van der Waals surface area contributed by atoms with E-state index in [4.69, 9.17) is 9.47 Å². The van der Waals surface area contributed by atoms with Crippen molar-refractivity contribution >= 4 is 41.1 Å². The van der Waals surface area contributed by atoms with Gasteiger partial charge in [-0.15, -0.1) is 11.8 Å². The minimum absolute atomic E-state index is 0.0481. The molecule has 5 rings (SSSR count). The van der Waals surface area contributed by atoms with Gasteiger partial charge in [-0.3, -0.25) is 25.0 Å². The first-order valence-corrected chi connectivity index (χ1v) is 15.2. The number of fused-ring (bicyclic) bond motifs is 1. The number of aliphatic hydroxyl groups is 1. The van der Waals surface area contributed by atoms with E-state index < -0.39 is 45.4 Å². The second kappa shape index (κ2) is 12.5. The highest BCUT2D eigenvalue weighted by Crippen LogP contribution is 2.58. The number of carbonyl (C=O) groups is 3. The summed E-state index contributed by atoms with van der Waals surface area (Å²) in [5.74, 6) is -1.78. The standard InChI is InChI=1S/C30H32N4O10S/c1-17(35)23-25-30(2,3)26(24(32(25)27(23)36)28(37)43-15-18-4-8-20(9-5-18)33(39)40)45-22-12-13-31(14-22)29(38)44-16-19-6-10-21(11-7-19)34(41)42/h4-11,17,22-23,25,35H,12-16H2,1-3H3/t17-,22+,23-,25-/m1/s1. The van der Waals surface area contributed by atoms with Crippen LogP contribution < -0.4 is 0 Å². The lowest BCUT2D eigenvalue weighted by molar-refractivity contribution is -0.385. The number of esters is 1. The molecule has 4 atom stereocenters. The first-order valence-electron chi connectivity index (χ1n) is 14.3. The van der Waals surface area contributed by atoms with Crippen LogP contribution in [0, 0.1) is 31.6 Å². The summed E-state index contributed by atoms with van der Waals surface area (Å²) in [7, 11) is 0. The van der Waals surface area contributed by atoms with E-state index in [2.05, 4.69) is 0 Å². The Labute approximate surface area is 262 Å². The molecule has 0 spiro atoms. The summed E-state index contributed by atoms with van der Waals surface area (Å²) in [4.78, 5) is 63.9. The Hall–Kier alpha value is -4.50. The van der Waals surface area contributed by atoms with Crippen molar-refractivity contribution in [3.8, 4) is 0 Å². The number of thioether (sulfide) groups is 1. The molecule has 0 saturated carbocycles. The third-order valence-electron chi connectivity index (χ3n) is 8.35. The SMILES string of the molecule is C[C@@H](O)[C@H]1C(=O)N2C(C(=O)OCc3ccc([N+](=O)[O-])cc3)=C(S[C@H]3CCN(C(=O)OCc4ccc([N+](=O)[O-])cc4)C3)C(C)(C)[C@@H]12. The Balaban J connectivity index is 1.28. The second-order valence-electron chi connectivity index (χ2n) is 11.8. The molecule has 45 heavy (non-hydrogen) atoms. The average molecular weight is 641 g/mol. The molecule has 3 heterocycles. The smallest absolute Gasteiger partial charge is 0.410 e. The fourth-order valence-electron chi connectivity index (χ4n) is 5.99. The van der Waals surface area contributed by atoms with Crippen molar-refractivity contribution in [2.75, 3.05) is 13.1 Å². The van der Waals surface area contributed by atoms with Gasteiger partial charge in [0.25, 0.3) is 11.4 Å². The number of nitro groups is 2. The molecule has 0 aromatic heterocycles. The number of carbonyl (C=O) groups excluding carboxylic acids is 3. The molecule has 238 valence electrons. The predicted molar refractivity (Wildman–Crippen MR) is 160 cm³/mol. The zero-order chi connectivity index (χ0) is 32.6. The van der Waals surface area contributed by atoms with Crippen molar-refractivity contribution in [3.63, 3.8) is 0 Å². The number of aliphatic hydroxyl groups excluding tert-OH is 1. The van der Waals surface area contributed by atoms with Crippen LogP contribution in [0.15, 0.2) is 59.1 Å². The number of likely N-dealkylation sites (tertiary alicyclic amines) is 1. The van der Waals surface area contributed by atoms with E-state index in [-0.39, 0.29) is 41.4 Å². The van der Waals surface area contributed by atoms with Crippen LogP contribution in [0.3, 0.4) is 0 Å². The Morgan fingerprint density at radius 2 is 1.53 bits per heavy atom. The van der Waals surface area contributed by atoms with Gasteiger partial charge in [0, 0.05) is 52.9 Å². The minimum atomic E-state index is -0.924. The first kappa shape index (κ1) is 31.9. The quantitative estimate of drug-likeness (QED) is 0.170. The fourth-order valence-corrected chi connectivity index (χ4v) is 7.52. The lowest BCUT2D eigenvalue weighted by Crippen LogP contribution is -2.65.